The van der Waals surface area contributed by atoms with Crippen LogP contribution in [0.2, 0.25) is 0 Å². The third-order valence-corrected chi connectivity index (χ3v) is 9.33. The van der Waals surface area contributed by atoms with E-state index in [2.05, 4.69) is 66.7 Å². The van der Waals surface area contributed by atoms with Gasteiger partial charge in [0, 0.05) is 30.1 Å². The van der Waals surface area contributed by atoms with E-state index in [0.29, 0.717) is 12.5 Å². The molecule has 1 saturated carbocycles. The van der Waals surface area contributed by atoms with Crippen molar-refractivity contribution in [1.82, 2.24) is 10.3 Å². The fraction of sp³-hybridized carbons (Fsp3) is 0.448. The lowest BCUT2D eigenvalue weighted by atomic mass is 9.94. The van der Waals surface area contributed by atoms with Gasteiger partial charge in [-0.05, 0) is 80.0 Å². The molecule has 7 heteroatoms. The third kappa shape index (κ3) is 3.71. The molecule has 0 amide bonds. The predicted octanol–water partition coefficient (Wildman–Crippen LogP) is 5.04. The van der Waals surface area contributed by atoms with E-state index in [4.69, 9.17) is 14.5 Å². The second-order valence-corrected chi connectivity index (χ2v) is 11.3. The first kappa shape index (κ1) is 23.5. The van der Waals surface area contributed by atoms with Crippen molar-refractivity contribution in [2.45, 2.75) is 52.8 Å². The number of nitrogens with zero attached hydrogens (tertiary/aromatic N) is 2. The Bertz CT molecular complexity index is 1340. The van der Waals surface area contributed by atoms with Gasteiger partial charge in [-0.3, -0.25) is 4.79 Å². The molecule has 0 spiro atoms. The van der Waals surface area contributed by atoms with E-state index in [1.54, 1.807) is 11.3 Å². The number of carbonyl (C=O) groups is 1. The Morgan fingerprint density at radius 2 is 2.14 bits per heavy atom. The van der Waals surface area contributed by atoms with Gasteiger partial charge in [0.2, 0.25) is 0 Å². The van der Waals surface area contributed by atoms with E-state index < -0.39 is 0 Å². The summed E-state index contributed by atoms with van der Waals surface area (Å²) in [5.41, 5.74) is 8.07. The number of hydrogen-bond acceptors (Lipinski definition) is 7. The number of piperidine rings is 1. The average Bonchev–Trinajstić information content (AvgIpc) is 3.27. The summed E-state index contributed by atoms with van der Waals surface area (Å²) in [4.78, 5) is 19.8. The highest BCUT2D eigenvalue weighted by Gasteiger charge is 2.70. The monoisotopic (exact) mass is 503 g/mol. The highest BCUT2D eigenvalue weighted by Crippen LogP contribution is 2.63. The molecule has 188 valence electrons. The van der Waals surface area contributed by atoms with Crippen LogP contribution in [-0.4, -0.2) is 37.2 Å². The van der Waals surface area contributed by atoms with Crippen molar-refractivity contribution in [3.8, 4) is 17.0 Å². The van der Waals surface area contributed by atoms with Crippen LogP contribution in [0.15, 0.2) is 35.7 Å². The Balaban J connectivity index is 1.24. The van der Waals surface area contributed by atoms with Gasteiger partial charge in [0.1, 0.15) is 12.4 Å². The van der Waals surface area contributed by atoms with Gasteiger partial charge in [0.05, 0.1) is 18.2 Å². The third-order valence-electron chi connectivity index (χ3n) is 8.45. The number of methoxy groups -OCH3 is 1. The fourth-order valence-corrected chi connectivity index (χ4v) is 7.22. The molecule has 1 aromatic heterocycles. The predicted molar refractivity (Wildman–Crippen MR) is 143 cm³/mol. The molecule has 2 aliphatic heterocycles. The van der Waals surface area contributed by atoms with Crippen molar-refractivity contribution < 1.29 is 14.3 Å². The Kier molecular flexibility index (Phi) is 5.80. The smallest absolute Gasteiger partial charge is 0.314 e. The van der Waals surface area contributed by atoms with Gasteiger partial charge < -0.3 is 19.7 Å². The zero-order valence-electron chi connectivity index (χ0n) is 21.4. The number of thiazole rings is 1. The van der Waals surface area contributed by atoms with Crippen LogP contribution in [-0.2, 0) is 29.1 Å². The zero-order valence-corrected chi connectivity index (χ0v) is 22.2. The van der Waals surface area contributed by atoms with Crippen molar-refractivity contribution in [3.63, 3.8) is 0 Å². The summed E-state index contributed by atoms with van der Waals surface area (Å²) in [6.45, 7) is 9.78. The maximum atomic E-state index is 12.5. The molecule has 3 aromatic rings. The van der Waals surface area contributed by atoms with Gasteiger partial charge in [-0.15, -0.1) is 11.3 Å². The van der Waals surface area contributed by atoms with Crippen LogP contribution in [0.1, 0.15) is 41.2 Å². The molecule has 2 aromatic carbocycles. The SMILES string of the molecule is COC(=O)[C@@]12C[C@@H]1CN(c1nc(-c3cccc(C)c3OCc3cc(C)c4c(c3)CCNC4)cs1)[C@H]2C. The number of aromatic nitrogens is 1. The number of anilines is 1. The first-order valence-electron chi connectivity index (χ1n) is 12.8. The van der Waals surface area contributed by atoms with Crippen LogP contribution in [0.25, 0.3) is 11.3 Å². The Morgan fingerprint density at radius 3 is 2.97 bits per heavy atom. The largest absolute Gasteiger partial charge is 0.488 e. The minimum Gasteiger partial charge on any atom is -0.488 e. The average molecular weight is 504 g/mol. The first-order valence-corrected chi connectivity index (χ1v) is 13.7. The summed E-state index contributed by atoms with van der Waals surface area (Å²) in [6, 6.07) is 10.9. The Hall–Kier alpha value is -2.90. The molecule has 0 unspecified atom stereocenters. The van der Waals surface area contributed by atoms with Gasteiger partial charge >= 0.3 is 5.97 Å². The van der Waals surface area contributed by atoms with Gasteiger partial charge in [0.25, 0.3) is 0 Å². The van der Waals surface area contributed by atoms with E-state index in [9.17, 15) is 4.79 Å². The molecule has 3 heterocycles. The number of ether oxygens (including phenoxy) is 2. The number of para-hydroxylation sites is 1. The van der Waals surface area contributed by atoms with Crippen molar-refractivity contribution in [1.29, 1.82) is 0 Å². The molecule has 3 atom stereocenters. The fourth-order valence-electron chi connectivity index (χ4n) is 6.30. The topological polar surface area (TPSA) is 63.7 Å². The zero-order chi connectivity index (χ0) is 25.0. The van der Waals surface area contributed by atoms with Crippen molar-refractivity contribution in [3.05, 3.63) is 63.5 Å². The maximum absolute atomic E-state index is 12.5. The minimum absolute atomic E-state index is 0.0812. The Morgan fingerprint density at radius 1 is 1.28 bits per heavy atom. The molecule has 6 nitrogen and oxygen atoms in total. The molecular formula is C29H33N3O3S. The number of benzene rings is 2. The number of rotatable bonds is 6. The number of hydrogen-bond donors (Lipinski definition) is 1. The maximum Gasteiger partial charge on any atom is 0.314 e. The molecule has 1 aliphatic carbocycles. The number of fused-ring (bicyclic) bond motifs is 2. The van der Waals surface area contributed by atoms with Crippen LogP contribution in [0, 0.1) is 25.2 Å². The minimum atomic E-state index is -0.360. The number of carbonyl (C=O) groups excluding carboxylic acids is 1. The van der Waals surface area contributed by atoms with Gasteiger partial charge in [-0.2, -0.15) is 0 Å². The van der Waals surface area contributed by atoms with Crippen LogP contribution < -0.4 is 15.0 Å². The summed E-state index contributed by atoms with van der Waals surface area (Å²) in [5.74, 6) is 1.16. The van der Waals surface area contributed by atoms with Crippen molar-refractivity contribution in [2.75, 3.05) is 25.1 Å². The quantitative estimate of drug-likeness (QED) is 0.476. The molecule has 1 N–H and O–H groups in total. The highest BCUT2D eigenvalue weighted by molar-refractivity contribution is 7.14. The van der Waals surface area contributed by atoms with Crippen LogP contribution in [0.5, 0.6) is 5.75 Å². The van der Waals surface area contributed by atoms with Crippen LogP contribution in [0.3, 0.4) is 0 Å². The van der Waals surface area contributed by atoms with E-state index in [1.807, 2.05) is 0 Å². The lowest BCUT2D eigenvalue weighted by Gasteiger charge is -2.27. The molecule has 36 heavy (non-hydrogen) atoms. The molecule has 1 saturated heterocycles. The van der Waals surface area contributed by atoms with E-state index in [-0.39, 0.29) is 17.4 Å². The molecule has 6 rings (SSSR count). The highest BCUT2D eigenvalue weighted by atomic mass is 32.1. The van der Waals surface area contributed by atoms with E-state index in [0.717, 1.165) is 60.2 Å². The molecule has 0 radical (unpaired) electrons. The summed E-state index contributed by atoms with van der Waals surface area (Å²) in [6.07, 6.45) is 1.98. The number of nitrogens with one attached hydrogen (secondary N) is 1. The van der Waals surface area contributed by atoms with Crippen molar-refractivity contribution >= 4 is 22.4 Å². The van der Waals surface area contributed by atoms with Crippen LogP contribution in [0.4, 0.5) is 5.13 Å². The lowest BCUT2D eigenvalue weighted by Crippen LogP contribution is -2.38. The van der Waals surface area contributed by atoms with E-state index >= 15 is 0 Å². The molecule has 3 aliphatic rings. The number of aryl methyl sites for hydroxylation is 2. The summed E-state index contributed by atoms with van der Waals surface area (Å²) >= 11 is 1.63. The molecule has 2 fully saturated rings. The van der Waals surface area contributed by atoms with Gasteiger partial charge in [-0.25, -0.2) is 4.98 Å². The number of esters is 1. The normalized spacial score (nSPS) is 24.3. The van der Waals surface area contributed by atoms with Gasteiger partial charge in [0.15, 0.2) is 5.13 Å². The molecular weight excluding hydrogens is 470 g/mol. The Labute approximate surface area is 216 Å². The van der Waals surface area contributed by atoms with E-state index in [1.165, 1.54) is 29.4 Å². The summed E-state index contributed by atoms with van der Waals surface area (Å²) in [5, 5.41) is 6.53. The summed E-state index contributed by atoms with van der Waals surface area (Å²) in [7, 11) is 1.49. The lowest BCUT2D eigenvalue weighted by molar-refractivity contribution is -0.147. The van der Waals surface area contributed by atoms with Crippen LogP contribution >= 0.6 is 11.3 Å². The standard InChI is InChI=1S/C29H33N3O3S/c1-17-6-5-7-23(26(17)35-15-20-10-18(2)24-13-30-9-8-21(24)11-20)25-16-36-28(31-25)32-14-22-12-29(22,19(32)3)27(33)34-4/h5-7,10-11,16,19,22,30H,8-9,12-15H2,1-4H3/t19-,22+,29+/m0/s1. The summed E-state index contributed by atoms with van der Waals surface area (Å²) < 4.78 is 11.6. The van der Waals surface area contributed by atoms with Crippen molar-refractivity contribution in [2.24, 2.45) is 11.3 Å². The first-order chi connectivity index (χ1) is 17.4. The van der Waals surface area contributed by atoms with Gasteiger partial charge in [-0.1, -0.05) is 24.3 Å². The molecule has 0 bridgehead atoms. The second-order valence-electron chi connectivity index (χ2n) is 10.5. The second kappa shape index (κ2) is 8.89.